The maximum absolute atomic E-state index is 14.2. The maximum Gasteiger partial charge on any atom is 0.275 e. The molecule has 1 atom stereocenters. The fourth-order valence-electron chi connectivity index (χ4n) is 6.69. The van der Waals surface area contributed by atoms with Gasteiger partial charge in [0, 0.05) is 76.4 Å². The first-order valence-electron chi connectivity index (χ1n) is 15.8. The summed E-state index contributed by atoms with van der Waals surface area (Å²) >= 11 is 0. The lowest BCUT2D eigenvalue weighted by Gasteiger charge is -2.42. The third-order valence-electron chi connectivity index (χ3n) is 8.87. The van der Waals surface area contributed by atoms with Crippen LogP contribution in [0.3, 0.4) is 0 Å². The Morgan fingerprint density at radius 2 is 1.51 bits per heavy atom. The van der Waals surface area contributed by atoms with Gasteiger partial charge in [-0.1, -0.05) is 42.5 Å². The van der Waals surface area contributed by atoms with Gasteiger partial charge < -0.3 is 20.7 Å². The number of para-hydroxylation sites is 1. The van der Waals surface area contributed by atoms with Crippen LogP contribution in [0.2, 0.25) is 0 Å². The summed E-state index contributed by atoms with van der Waals surface area (Å²) in [6.07, 6.45) is 3.19. The number of rotatable bonds is 8. The van der Waals surface area contributed by atoms with Gasteiger partial charge in [0.1, 0.15) is 17.0 Å². The Bertz CT molecular complexity index is 2020. The number of nitrogen functional groups attached to an aromatic ring is 1. The van der Waals surface area contributed by atoms with Crippen LogP contribution < -0.4 is 20.7 Å². The predicted molar refractivity (Wildman–Crippen MR) is 191 cm³/mol. The van der Waals surface area contributed by atoms with Crippen molar-refractivity contribution in [3.63, 3.8) is 0 Å². The molecule has 1 spiro atoms. The van der Waals surface area contributed by atoms with Crippen LogP contribution in [0, 0.1) is 6.92 Å². The molecule has 1 amide bonds. The first kappa shape index (κ1) is 29.8. The third kappa shape index (κ3) is 5.08. The number of carbonyl (C=O) groups is 1. The molecule has 7 rings (SSSR count). The van der Waals surface area contributed by atoms with Gasteiger partial charge in [-0.25, -0.2) is 5.01 Å². The van der Waals surface area contributed by atoms with Crippen molar-refractivity contribution < 1.29 is 9.53 Å². The van der Waals surface area contributed by atoms with Crippen LogP contribution in [0.15, 0.2) is 119 Å². The monoisotopic (exact) mass is 620 g/mol. The van der Waals surface area contributed by atoms with E-state index in [1.54, 1.807) is 17.4 Å². The van der Waals surface area contributed by atoms with E-state index in [0.717, 1.165) is 58.1 Å². The molecular weight excluding hydrogens is 584 g/mol. The number of benzene rings is 5. The van der Waals surface area contributed by atoms with Crippen molar-refractivity contribution in [1.29, 1.82) is 0 Å². The number of ether oxygens (including phenoxy) is 1. The summed E-state index contributed by atoms with van der Waals surface area (Å²) in [5.74, 6) is 1.05. The molecule has 234 valence electrons. The van der Waals surface area contributed by atoms with Gasteiger partial charge in [-0.05, 0) is 80.9 Å². The molecule has 0 saturated carbocycles. The predicted octanol–water partition coefficient (Wildman–Crippen LogP) is 8.41. The minimum absolute atomic E-state index is 0.206. The number of fused-ring (bicyclic) bond motifs is 6. The number of hydrogen-bond acceptors (Lipinski definition) is 7. The summed E-state index contributed by atoms with van der Waals surface area (Å²) in [4.78, 5) is 21.1. The molecule has 0 fully saturated rings. The molecule has 0 radical (unpaired) electrons. The van der Waals surface area contributed by atoms with Crippen LogP contribution in [0.25, 0.3) is 0 Å². The zero-order valence-electron chi connectivity index (χ0n) is 26.6. The zero-order valence-corrected chi connectivity index (χ0v) is 26.6. The van der Waals surface area contributed by atoms with E-state index < -0.39 is 5.54 Å². The normalized spacial score (nSPS) is 16.3. The molecule has 0 aromatic heterocycles. The lowest BCUT2D eigenvalue weighted by molar-refractivity contribution is 0.0675. The Morgan fingerprint density at radius 3 is 2.28 bits per heavy atom. The number of anilines is 4. The van der Waals surface area contributed by atoms with Crippen LogP contribution in [0.1, 0.15) is 46.5 Å². The molecule has 2 heterocycles. The van der Waals surface area contributed by atoms with Gasteiger partial charge in [-0.15, -0.1) is 0 Å². The van der Waals surface area contributed by atoms with E-state index >= 15 is 0 Å². The largest absolute Gasteiger partial charge is 0.456 e. The van der Waals surface area contributed by atoms with Crippen molar-refractivity contribution in [3.05, 3.63) is 137 Å². The van der Waals surface area contributed by atoms with Crippen molar-refractivity contribution >= 4 is 46.8 Å². The molecule has 5 aromatic carbocycles. The summed E-state index contributed by atoms with van der Waals surface area (Å²) in [7, 11) is 0. The van der Waals surface area contributed by atoms with E-state index in [1.165, 1.54) is 0 Å². The SMILES string of the molecule is CCN(CC)c1cc2c(cc1C)C1(c3ccc(N)cc3O2)c2ccccc2C(=O)N1/N=C/C=Nc1ccc(Nc2ccccc2)cc1. The number of nitrogens with zero attached hydrogens (tertiary/aromatic N) is 4. The Kier molecular flexibility index (Phi) is 7.69. The van der Waals surface area contributed by atoms with Gasteiger partial charge in [0.25, 0.3) is 5.91 Å². The van der Waals surface area contributed by atoms with Crippen molar-refractivity contribution in [2.24, 2.45) is 10.1 Å². The van der Waals surface area contributed by atoms with Crippen LogP contribution in [-0.4, -0.2) is 36.4 Å². The Morgan fingerprint density at radius 1 is 0.809 bits per heavy atom. The smallest absolute Gasteiger partial charge is 0.275 e. The number of nitrogens with two attached hydrogens (primary N) is 1. The van der Waals surface area contributed by atoms with Crippen LogP contribution in [0.5, 0.6) is 11.5 Å². The standard InChI is InChI=1S/C39H36N6O2/c1-4-44(5-2)35-25-37-34(23-26(35)3)39(33-20-15-27(40)24-36(33)47-37)32-14-10-9-13-31(32)38(46)45(39)42-22-21-41-28-16-18-30(19-17-28)43-29-11-7-6-8-12-29/h6-25,43H,4-5,40H2,1-3H3/b41-21?,42-22+. The Hall–Kier alpha value is -5.89. The van der Waals surface area contributed by atoms with Gasteiger partial charge in [0.2, 0.25) is 0 Å². The van der Waals surface area contributed by atoms with E-state index in [2.05, 4.69) is 48.1 Å². The quantitative estimate of drug-likeness (QED) is 0.134. The highest BCUT2D eigenvalue weighted by molar-refractivity contribution is 6.17. The molecule has 5 aromatic rings. The second-order valence-electron chi connectivity index (χ2n) is 11.6. The fourth-order valence-corrected chi connectivity index (χ4v) is 6.69. The highest BCUT2D eigenvalue weighted by Gasteiger charge is 2.57. The number of hydrazone groups is 1. The molecule has 2 aliphatic heterocycles. The van der Waals surface area contributed by atoms with Crippen LogP contribution >= 0.6 is 0 Å². The lowest BCUT2D eigenvalue weighted by atomic mass is 9.74. The highest BCUT2D eigenvalue weighted by atomic mass is 16.5. The number of nitrogens with one attached hydrogen (secondary N) is 1. The number of amides is 1. The molecule has 0 aliphatic carbocycles. The summed E-state index contributed by atoms with van der Waals surface area (Å²) in [6.45, 7) is 8.09. The van der Waals surface area contributed by atoms with Crippen LogP contribution in [-0.2, 0) is 5.54 Å². The minimum atomic E-state index is -1.08. The molecule has 2 aliphatic rings. The lowest BCUT2D eigenvalue weighted by Crippen LogP contribution is -2.44. The maximum atomic E-state index is 14.2. The number of carbonyl (C=O) groups excluding carboxylic acids is 1. The van der Waals surface area contributed by atoms with E-state index in [9.17, 15) is 4.79 Å². The number of aliphatic imine (C=N–C) groups is 1. The molecule has 8 nitrogen and oxygen atoms in total. The van der Waals surface area contributed by atoms with Gasteiger partial charge >= 0.3 is 0 Å². The number of aryl methyl sites for hydroxylation is 1. The topological polar surface area (TPSA) is 95.5 Å². The first-order chi connectivity index (χ1) is 22.9. The third-order valence-corrected chi connectivity index (χ3v) is 8.87. The van der Waals surface area contributed by atoms with Gasteiger partial charge in [-0.3, -0.25) is 9.79 Å². The van der Waals surface area contributed by atoms with E-state index in [0.29, 0.717) is 22.7 Å². The average Bonchev–Trinajstić information content (AvgIpc) is 3.33. The van der Waals surface area contributed by atoms with Crippen molar-refractivity contribution in [3.8, 4) is 11.5 Å². The number of hydrogen-bond donors (Lipinski definition) is 2. The second kappa shape index (κ2) is 12.1. The van der Waals surface area contributed by atoms with Gasteiger partial charge in [0.15, 0.2) is 0 Å². The molecule has 0 bridgehead atoms. The first-order valence-corrected chi connectivity index (χ1v) is 15.8. The molecule has 47 heavy (non-hydrogen) atoms. The Balaban J connectivity index is 1.30. The van der Waals surface area contributed by atoms with Crippen molar-refractivity contribution in [1.82, 2.24) is 5.01 Å². The van der Waals surface area contributed by atoms with E-state index in [1.807, 2.05) is 97.1 Å². The average molecular weight is 621 g/mol. The van der Waals surface area contributed by atoms with Gasteiger partial charge in [-0.2, -0.15) is 5.10 Å². The molecule has 1 unspecified atom stereocenters. The van der Waals surface area contributed by atoms with E-state index in [4.69, 9.17) is 15.6 Å². The highest BCUT2D eigenvalue weighted by Crippen LogP contribution is 2.58. The molecule has 0 saturated heterocycles. The summed E-state index contributed by atoms with van der Waals surface area (Å²) in [6, 6.07) is 35.3. The molecule has 8 heteroatoms. The Labute approximate surface area is 274 Å². The minimum Gasteiger partial charge on any atom is -0.456 e. The zero-order chi connectivity index (χ0) is 32.5. The van der Waals surface area contributed by atoms with Gasteiger partial charge in [0.05, 0.1) is 11.9 Å². The summed E-state index contributed by atoms with van der Waals surface area (Å²) in [5, 5.41) is 9.78. The fraction of sp³-hybridized carbons (Fsp3) is 0.154. The van der Waals surface area contributed by atoms with Crippen molar-refractivity contribution in [2.75, 3.05) is 29.0 Å². The van der Waals surface area contributed by atoms with E-state index in [-0.39, 0.29) is 5.91 Å². The van der Waals surface area contributed by atoms with Crippen molar-refractivity contribution in [2.45, 2.75) is 26.3 Å². The molecular formula is C39H36N6O2. The second-order valence-corrected chi connectivity index (χ2v) is 11.6. The van der Waals surface area contributed by atoms with Crippen LogP contribution in [0.4, 0.5) is 28.4 Å². The molecule has 3 N–H and O–H groups in total. The summed E-state index contributed by atoms with van der Waals surface area (Å²) in [5.41, 5.74) is 13.7. The summed E-state index contributed by atoms with van der Waals surface area (Å²) < 4.78 is 6.58.